The lowest BCUT2D eigenvalue weighted by molar-refractivity contribution is -0.159. The number of amides is 1. The summed E-state index contributed by atoms with van der Waals surface area (Å²) in [4.78, 5) is 33.7. The number of aliphatic carboxylic acids is 2. The van der Waals surface area contributed by atoms with Crippen molar-refractivity contribution in [1.82, 2.24) is 5.32 Å². The number of nitrogens with one attached hydrogen (secondary N) is 1. The zero-order valence-corrected chi connectivity index (χ0v) is 18.9. The number of nitrogens with zero attached hydrogens (tertiary/aromatic N) is 1. The number of carbonyl (C=O) groups is 3. The topological polar surface area (TPSA) is 136 Å². The molecular formula is C21H23ClN2O7S. The lowest BCUT2D eigenvalue weighted by Gasteiger charge is -2.25. The fraction of sp³-hybridized carbons (Fsp3) is 0.286. The molecule has 0 saturated heterocycles. The molecule has 1 aliphatic heterocycles. The quantitative estimate of drug-likeness (QED) is 0.473. The standard InChI is InChI=1S/C19H21ClN2O3S.C2H2O4/c1-21-9-10-22-15-8-5-13(20)11-16(15)26-18(17(23)19(22)24)12-3-6-14(25-2)7-4-12;3-1(4)2(5)6/h3-8,11,17-18,21,23H,9-10H2,1-2H3;(H,3,4)(H,5,6)/t17-,18+;/m0./s1. The van der Waals surface area contributed by atoms with E-state index in [0.29, 0.717) is 18.1 Å². The minimum atomic E-state index is -1.82. The molecule has 1 aliphatic rings. The van der Waals surface area contributed by atoms with E-state index in [0.717, 1.165) is 21.9 Å². The zero-order valence-electron chi connectivity index (χ0n) is 17.3. The molecule has 0 saturated carbocycles. The van der Waals surface area contributed by atoms with Crippen LogP contribution in [0.25, 0.3) is 0 Å². The lowest BCUT2D eigenvalue weighted by Crippen LogP contribution is -2.43. The average Bonchev–Trinajstić information content (AvgIpc) is 2.87. The van der Waals surface area contributed by atoms with Gasteiger partial charge in [-0.25, -0.2) is 9.59 Å². The maximum atomic E-state index is 13.0. The molecule has 0 aromatic heterocycles. The van der Waals surface area contributed by atoms with Gasteiger partial charge in [0.25, 0.3) is 5.91 Å². The average molecular weight is 483 g/mol. The first-order valence-electron chi connectivity index (χ1n) is 9.40. The summed E-state index contributed by atoms with van der Waals surface area (Å²) in [6.07, 6.45) is -1.16. The van der Waals surface area contributed by atoms with Crippen LogP contribution in [0.2, 0.25) is 5.02 Å². The van der Waals surface area contributed by atoms with Crippen LogP contribution in [0, 0.1) is 0 Å². The highest BCUT2D eigenvalue weighted by Gasteiger charge is 2.37. The number of halogens is 1. The number of hydrogen-bond donors (Lipinski definition) is 4. The van der Waals surface area contributed by atoms with Crippen LogP contribution in [0.5, 0.6) is 5.75 Å². The molecule has 4 N–H and O–H groups in total. The Morgan fingerprint density at radius 3 is 2.31 bits per heavy atom. The van der Waals surface area contributed by atoms with E-state index in [1.54, 1.807) is 18.1 Å². The number of hydrogen-bond acceptors (Lipinski definition) is 7. The largest absolute Gasteiger partial charge is 0.497 e. The van der Waals surface area contributed by atoms with Crippen LogP contribution in [-0.4, -0.2) is 66.5 Å². The molecular weight excluding hydrogens is 460 g/mol. The van der Waals surface area contributed by atoms with Gasteiger partial charge in [0.15, 0.2) is 0 Å². The molecule has 32 heavy (non-hydrogen) atoms. The minimum Gasteiger partial charge on any atom is -0.497 e. The fourth-order valence-electron chi connectivity index (χ4n) is 2.91. The molecule has 0 radical (unpaired) electrons. The number of rotatable bonds is 5. The third kappa shape index (κ3) is 6.36. The van der Waals surface area contributed by atoms with Crippen molar-refractivity contribution >= 4 is 46.9 Å². The second-order valence-corrected chi connectivity index (χ2v) is 8.19. The Labute approximate surface area is 193 Å². The van der Waals surface area contributed by atoms with Gasteiger partial charge in [0.05, 0.1) is 18.0 Å². The molecule has 11 heteroatoms. The van der Waals surface area contributed by atoms with Gasteiger partial charge in [-0.3, -0.25) is 4.79 Å². The highest BCUT2D eigenvalue weighted by molar-refractivity contribution is 7.99. The summed E-state index contributed by atoms with van der Waals surface area (Å²) in [5, 5.41) is 28.8. The third-order valence-corrected chi connectivity index (χ3v) is 6.09. The monoisotopic (exact) mass is 482 g/mol. The van der Waals surface area contributed by atoms with Gasteiger partial charge in [-0.1, -0.05) is 23.7 Å². The second-order valence-electron chi connectivity index (χ2n) is 6.57. The number of carboxylic acid groups (broad SMARTS) is 2. The predicted octanol–water partition coefficient (Wildman–Crippen LogP) is 2.26. The second kappa shape index (κ2) is 11.7. The number of thioether (sulfide) groups is 1. The van der Waals surface area contributed by atoms with Gasteiger partial charge in [0.1, 0.15) is 11.9 Å². The molecule has 1 amide bonds. The van der Waals surface area contributed by atoms with Crippen molar-refractivity contribution in [3.05, 3.63) is 53.1 Å². The number of methoxy groups -OCH3 is 1. The van der Waals surface area contributed by atoms with Crippen LogP contribution in [0.1, 0.15) is 10.8 Å². The Morgan fingerprint density at radius 2 is 1.78 bits per heavy atom. The number of anilines is 1. The highest BCUT2D eigenvalue weighted by atomic mass is 35.5. The predicted molar refractivity (Wildman–Crippen MR) is 121 cm³/mol. The van der Waals surface area contributed by atoms with Gasteiger partial charge in [-0.05, 0) is 42.9 Å². The van der Waals surface area contributed by atoms with Crippen LogP contribution in [0.4, 0.5) is 5.69 Å². The summed E-state index contributed by atoms with van der Waals surface area (Å²) in [5.41, 5.74) is 1.63. The van der Waals surface area contributed by atoms with E-state index in [9.17, 15) is 9.90 Å². The summed E-state index contributed by atoms with van der Waals surface area (Å²) in [6, 6.07) is 12.9. The minimum absolute atomic E-state index is 0.311. The number of fused-ring (bicyclic) bond motifs is 1. The zero-order chi connectivity index (χ0) is 23.8. The fourth-order valence-corrected chi connectivity index (χ4v) is 4.46. The van der Waals surface area contributed by atoms with Gasteiger partial charge >= 0.3 is 11.9 Å². The summed E-state index contributed by atoms with van der Waals surface area (Å²) in [6.45, 7) is 1.09. The summed E-state index contributed by atoms with van der Waals surface area (Å²) in [5.74, 6) is -3.23. The molecule has 2 aromatic rings. The SMILES string of the molecule is CNCCN1C(=O)[C@@H](O)[C@@H](c2ccc(OC)cc2)Sc2cc(Cl)ccc21.O=C(O)C(=O)O. The van der Waals surface area contributed by atoms with E-state index in [1.165, 1.54) is 11.8 Å². The molecule has 0 bridgehead atoms. The number of carboxylic acids is 2. The Kier molecular flexibility index (Phi) is 9.33. The molecule has 0 aliphatic carbocycles. The Morgan fingerprint density at radius 1 is 1.16 bits per heavy atom. The van der Waals surface area contributed by atoms with E-state index in [1.807, 2.05) is 43.4 Å². The first kappa shape index (κ1) is 25.5. The Bertz CT molecular complexity index is 959. The number of likely N-dealkylation sites (N-methyl/N-ethyl adjacent to an activating group) is 1. The van der Waals surface area contributed by atoms with Crippen LogP contribution >= 0.6 is 23.4 Å². The van der Waals surface area contributed by atoms with Crippen molar-refractivity contribution in [2.75, 3.05) is 32.1 Å². The van der Waals surface area contributed by atoms with Crippen molar-refractivity contribution in [2.24, 2.45) is 0 Å². The number of aliphatic hydroxyl groups excluding tert-OH is 1. The van der Waals surface area contributed by atoms with Crippen LogP contribution in [0.3, 0.4) is 0 Å². The number of aliphatic hydroxyl groups is 1. The molecule has 9 nitrogen and oxygen atoms in total. The Hall–Kier alpha value is -2.79. The van der Waals surface area contributed by atoms with Gasteiger partial charge in [-0.15, -0.1) is 11.8 Å². The van der Waals surface area contributed by atoms with E-state index in [2.05, 4.69) is 5.32 Å². The molecule has 2 aromatic carbocycles. The van der Waals surface area contributed by atoms with Gasteiger partial charge < -0.3 is 30.3 Å². The maximum Gasteiger partial charge on any atom is 0.414 e. The van der Waals surface area contributed by atoms with Crippen molar-refractivity contribution < 1.29 is 34.4 Å². The summed E-state index contributed by atoms with van der Waals surface area (Å²) in [7, 11) is 3.43. The van der Waals surface area contributed by atoms with Crippen molar-refractivity contribution in [1.29, 1.82) is 0 Å². The first-order valence-corrected chi connectivity index (χ1v) is 10.7. The Balaban J connectivity index is 0.000000534. The molecule has 0 spiro atoms. The van der Waals surface area contributed by atoms with Crippen LogP contribution < -0.4 is 15.0 Å². The van der Waals surface area contributed by atoms with Crippen LogP contribution in [0.15, 0.2) is 47.4 Å². The van der Waals surface area contributed by atoms with Crippen LogP contribution in [-0.2, 0) is 14.4 Å². The van der Waals surface area contributed by atoms with E-state index in [4.69, 9.17) is 36.1 Å². The molecule has 2 atom stereocenters. The number of carbonyl (C=O) groups excluding carboxylic acids is 1. The van der Waals surface area contributed by atoms with Crippen molar-refractivity contribution in [2.45, 2.75) is 16.2 Å². The first-order chi connectivity index (χ1) is 15.2. The molecule has 172 valence electrons. The smallest absolute Gasteiger partial charge is 0.414 e. The normalized spacial score (nSPS) is 17.5. The molecule has 0 fully saturated rings. The van der Waals surface area contributed by atoms with Gasteiger partial charge in [0.2, 0.25) is 0 Å². The van der Waals surface area contributed by atoms with E-state index >= 15 is 0 Å². The number of benzene rings is 2. The molecule has 1 heterocycles. The maximum absolute atomic E-state index is 13.0. The molecule has 0 unspecified atom stereocenters. The van der Waals surface area contributed by atoms with Gasteiger partial charge in [0, 0.05) is 23.0 Å². The van der Waals surface area contributed by atoms with Crippen molar-refractivity contribution in [3.63, 3.8) is 0 Å². The van der Waals surface area contributed by atoms with E-state index in [-0.39, 0.29) is 5.91 Å². The van der Waals surface area contributed by atoms with E-state index < -0.39 is 23.3 Å². The summed E-state index contributed by atoms with van der Waals surface area (Å²) >= 11 is 7.63. The third-order valence-electron chi connectivity index (χ3n) is 4.49. The van der Waals surface area contributed by atoms with Gasteiger partial charge in [-0.2, -0.15) is 0 Å². The molecule has 3 rings (SSSR count). The lowest BCUT2D eigenvalue weighted by atomic mass is 10.1. The van der Waals surface area contributed by atoms with Crippen molar-refractivity contribution in [3.8, 4) is 5.75 Å². The number of ether oxygens (including phenoxy) is 1. The summed E-state index contributed by atoms with van der Waals surface area (Å²) < 4.78 is 5.19. The highest BCUT2D eigenvalue weighted by Crippen LogP contribution is 2.46.